The molecule has 2 aromatic carbocycles. The van der Waals surface area contributed by atoms with Crippen molar-refractivity contribution in [3.63, 3.8) is 0 Å². The lowest BCUT2D eigenvalue weighted by atomic mass is 10.0. The average Bonchev–Trinajstić information content (AvgIpc) is 3.23. The summed E-state index contributed by atoms with van der Waals surface area (Å²) in [5.74, 6) is 2.06. The number of hydrogen-bond donors (Lipinski definition) is 2. The Labute approximate surface area is 150 Å². The van der Waals surface area contributed by atoms with Crippen molar-refractivity contribution in [2.75, 3.05) is 0 Å². The van der Waals surface area contributed by atoms with E-state index in [1.807, 2.05) is 20.0 Å². The van der Waals surface area contributed by atoms with Crippen LogP contribution in [-0.4, -0.2) is 9.97 Å². The molecule has 26 heavy (non-hydrogen) atoms. The van der Waals surface area contributed by atoms with Gasteiger partial charge in [-0.2, -0.15) is 0 Å². The van der Waals surface area contributed by atoms with Crippen molar-refractivity contribution in [1.29, 1.82) is 0 Å². The van der Waals surface area contributed by atoms with E-state index in [2.05, 4.69) is 73.5 Å². The van der Waals surface area contributed by atoms with Crippen molar-refractivity contribution in [3.05, 3.63) is 66.2 Å². The van der Waals surface area contributed by atoms with Crippen LogP contribution < -0.4 is 15.0 Å². The van der Waals surface area contributed by atoms with E-state index >= 15 is 0 Å². The predicted molar refractivity (Wildman–Crippen MR) is 100 cm³/mol. The lowest BCUT2D eigenvalue weighted by Crippen LogP contribution is -2.09. The Kier molecular flexibility index (Phi) is 3.15. The summed E-state index contributed by atoms with van der Waals surface area (Å²) in [6.07, 6.45) is 2.01. The first kappa shape index (κ1) is 14.8. The van der Waals surface area contributed by atoms with Crippen molar-refractivity contribution in [2.45, 2.75) is 13.8 Å². The minimum Gasteiger partial charge on any atom is -0.241 e. The number of hydrogen-bond acceptors (Lipinski definition) is 0. The quantitative estimate of drug-likeness (QED) is 0.495. The molecule has 0 fully saturated rings. The van der Waals surface area contributed by atoms with E-state index in [0.29, 0.717) is 0 Å². The molecule has 3 aromatic heterocycles. The van der Waals surface area contributed by atoms with Crippen molar-refractivity contribution < 1.29 is 15.0 Å². The normalized spacial score (nSPS) is 11.5. The average molecular weight is 342 g/mol. The van der Waals surface area contributed by atoms with Gasteiger partial charge in [-0.3, -0.25) is 0 Å². The van der Waals surface area contributed by atoms with Gasteiger partial charge in [-0.1, -0.05) is 0 Å². The Morgan fingerprint density at radius 1 is 0.692 bits per heavy atom. The number of pyridine rings is 1. The molecule has 0 saturated heterocycles. The van der Waals surface area contributed by atoms with Gasteiger partial charge in [-0.05, 0) is 53.6 Å². The fraction of sp³-hybridized carbons (Fsp3) is 0.0952. The molecule has 0 aliphatic rings. The molecule has 0 saturated carbocycles. The molecule has 0 amide bonds. The molecular formula is C21H20N5+3. The topological polar surface area (TPSA) is 74.0 Å². The summed E-state index contributed by atoms with van der Waals surface area (Å²) < 4.78 is 0. The van der Waals surface area contributed by atoms with Gasteiger partial charge in [-0.25, -0.2) is 24.9 Å². The van der Waals surface area contributed by atoms with Crippen molar-refractivity contribution in [1.82, 2.24) is 9.97 Å². The van der Waals surface area contributed by atoms with E-state index in [-0.39, 0.29) is 0 Å². The van der Waals surface area contributed by atoms with E-state index in [1.165, 1.54) is 11.1 Å². The van der Waals surface area contributed by atoms with Crippen LogP contribution in [0.4, 0.5) is 0 Å². The third-order valence-electron chi connectivity index (χ3n) is 4.79. The van der Waals surface area contributed by atoms with Gasteiger partial charge in [0.1, 0.15) is 5.56 Å². The van der Waals surface area contributed by atoms with Crippen LogP contribution in [0, 0.1) is 13.8 Å². The largest absolute Gasteiger partial charge is 0.291 e. The highest BCUT2D eigenvalue weighted by Gasteiger charge is 2.15. The summed E-state index contributed by atoms with van der Waals surface area (Å²) in [5, 5.41) is 0. The van der Waals surface area contributed by atoms with Gasteiger partial charge in [-0.15, -0.1) is 0 Å². The molecule has 5 N–H and O–H groups in total. The van der Waals surface area contributed by atoms with Crippen molar-refractivity contribution >= 4 is 22.1 Å². The Hall–Kier alpha value is -3.47. The third kappa shape index (κ3) is 2.45. The molecule has 0 aliphatic heterocycles. The van der Waals surface area contributed by atoms with Gasteiger partial charge in [0.05, 0.1) is 0 Å². The van der Waals surface area contributed by atoms with Crippen LogP contribution in [0.5, 0.6) is 0 Å². The molecule has 0 spiro atoms. The first-order chi connectivity index (χ1) is 12.7. The SMILES string of the molecule is Cc1ccc(-c2[nH]c3cc(-c4ccc5[nH+]c(C)[nH]c5c4)ccc3[nH+]2)c[nH+]1. The number of nitrogens with one attached hydrogen (secondary N) is 5. The highest BCUT2D eigenvalue weighted by Crippen LogP contribution is 2.25. The molecule has 3 heterocycles. The summed E-state index contributed by atoms with van der Waals surface area (Å²) in [6.45, 7) is 4.08. The van der Waals surface area contributed by atoms with E-state index < -0.39 is 0 Å². The number of benzene rings is 2. The van der Waals surface area contributed by atoms with Gasteiger partial charge in [0.15, 0.2) is 34.0 Å². The second-order valence-electron chi connectivity index (χ2n) is 6.78. The monoisotopic (exact) mass is 342 g/mol. The zero-order valence-corrected chi connectivity index (χ0v) is 14.7. The first-order valence-corrected chi connectivity index (χ1v) is 8.71. The molecule has 0 bridgehead atoms. The van der Waals surface area contributed by atoms with Gasteiger partial charge in [0.2, 0.25) is 5.82 Å². The molecule has 0 unspecified atom stereocenters. The maximum atomic E-state index is 3.49. The maximum absolute atomic E-state index is 3.49. The fourth-order valence-electron chi connectivity index (χ4n) is 3.41. The van der Waals surface area contributed by atoms with Crippen molar-refractivity contribution in [2.24, 2.45) is 0 Å². The number of aromatic nitrogens is 5. The zero-order chi connectivity index (χ0) is 17.7. The maximum Gasteiger partial charge on any atom is 0.291 e. The Morgan fingerprint density at radius 2 is 1.35 bits per heavy atom. The van der Waals surface area contributed by atoms with E-state index in [9.17, 15) is 0 Å². The predicted octanol–water partition coefficient (Wildman–Crippen LogP) is 3.04. The molecule has 126 valence electrons. The summed E-state index contributed by atoms with van der Waals surface area (Å²) in [6, 6.07) is 17.1. The summed E-state index contributed by atoms with van der Waals surface area (Å²) in [4.78, 5) is 16.9. The van der Waals surface area contributed by atoms with Gasteiger partial charge >= 0.3 is 0 Å². The van der Waals surface area contributed by atoms with Crippen LogP contribution >= 0.6 is 0 Å². The minimum atomic E-state index is 0.999. The summed E-state index contributed by atoms with van der Waals surface area (Å²) in [7, 11) is 0. The van der Waals surface area contributed by atoms with Crippen molar-refractivity contribution in [3.8, 4) is 22.5 Å². The highest BCUT2D eigenvalue weighted by atomic mass is 14.9. The second-order valence-corrected chi connectivity index (χ2v) is 6.78. The molecule has 0 aliphatic carbocycles. The number of H-pyrrole nitrogens is 5. The molecule has 5 nitrogen and oxygen atoms in total. The summed E-state index contributed by atoms with van der Waals surface area (Å²) in [5.41, 5.74) is 9.04. The van der Waals surface area contributed by atoms with Gasteiger partial charge in [0, 0.05) is 19.9 Å². The van der Waals surface area contributed by atoms with E-state index in [1.54, 1.807) is 0 Å². The highest BCUT2D eigenvalue weighted by molar-refractivity contribution is 5.84. The first-order valence-electron chi connectivity index (χ1n) is 8.71. The Morgan fingerprint density at radius 3 is 2.04 bits per heavy atom. The number of fused-ring (bicyclic) bond motifs is 2. The van der Waals surface area contributed by atoms with Crippen LogP contribution in [-0.2, 0) is 0 Å². The fourth-order valence-corrected chi connectivity index (χ4v) is 3.41. The number of rotatable bonds is 2. The molecule has 0 atom stereocenters. The van der Waals surface area contributed by atoms with Crippen LogP contribution in [0.25, 0.3) is 44.6 Å². The smallest absolute Gasteiger partial charge is 0.241 e. The number of aryl methyl sites for hydroxylation is 2. The number of imidazole rings is 2. The molecule has 5 rings (SSSR count). The van der Waals surface area contributed by atoms with E-state index in [0.717, 1.165) is 45.0 Å². The summed E-state index contributed by atoms with van der Waals surface area (Å²) >= 11 is 0. The van der Waals surface area contributed by atoms with Crippen LogP contribution in [0.15, 0.2) is 54.7 Å². The Balaban J connectivity index is 1.59. The van der Waals surface area contributed by atoms with Crippen LogP contribution in [0.2, 0.25) is 0 Å². The lowest BCUT2D eigenvalue weighted by Gasteiger charge is -1.99. The zero-order valence-electron chi connectivity index (χ0n) is 14.7. The molecule has 5 aromatic rings. The van der Waals surface area contributed by atoms with Gasteiger partial charge < -0.3 is 0 Å². The second kappa shape index (κ2) is 5.52. The van der Waals surface area contributed by atoms with Crippen LogP contribution in [0.3, 0.4) is 0 Å². The number of aromatic amines is 5. The Bertz CT molecular complexity index is 1240. The third-order valence-corrected chi connectivity index (χ3v) is 4.79. The van der Waals surface area contributed by atoms with E-state index in [4.69, 9.17) is 0 Å². The van der Waals surface area contributed by atoms with Gasteiger partial charge in [0.25, 0.3) is 5.82 Å². The molecule has 0 radical (unpaired) electrons. The minimum absolute atomic E-state index is 0.999. The molecular weight excluding hydrogens is 322 g/mol. The standard InChI is InChI=1S/C21H17N5/c1-12-3-4-16(11-22-12)21-25-18-8-6-15(10-20(18)26-21)14-5-7-17-19(9-14)24-13(2)23-17/h3-11H,1-2H3,(H,23,24)(H,25,26)/p+3. The molecule has 5 heteroatoms. The van der Waals surface area contributed by atoms with Crippen LogP contribution in [0.1, 0.15) is 11.5 Å². The lowest BCUT2D eigenvalue weighted by molar-refractivity contribution is -0.388.